The zero-order chi connectivity index (χ0) is 14.8. The van der Waals surface area contributed by atoms with Crippen molar-refractivity contribution in [3.05, 3.63) is 41.5 Å². The molecule has 0 aliphatic carbocycles. The summed E-state index contributed by atoms with van der Waals surface area (Å²) in [5, 5.41) is 11.5. The van der Waals surface area contributed by atoms with Crippen LogP contribution >= 0.6 is 0 Å². The molecule has 1 aromatic carbocycles. The van der Waals surface area contributed by atoms with Gasteiger partial charge >= 0.3 is 0 Å². The van der Waals surface area contributed by atoms with Gasteiger partial charge in [0.25, 0.3) is 5.91 Å². The van der Waals surface area contributed by atoms with Crippen LogP contribution in [-0.2, 0) is 7.05 Å². The molecule has 0 radical (unpaired) electrons. The van der Waals surface area contributed by atoms with Crippen molar-refractivity contribution in [2.75, 3.05) is 13.1 Å². The number of carbonyl (C=O) groups excluding carboxylic acids is 1. The van der Waals surface area contributed by atoms with Crippen LogP contribution in [0.4, 0.5) is 4.39 Å². The van der Waals surface area contributed by atoms with Gasteiger partial charge in [0.15, 0.2) is 5.82 Å². The van der Waals surface area contributed by atoms with Crippen molar-refractivity contribution in [2.45, 2.75) is 18.8 Å². The lowest BCUT2D eigenvalue weighted by Crippen LogP contribution is -2.39. The Kier molecular flexibility index (Phi) is 3.64. The third-order valence-corrected chi connectivity index (χ3v) is 3.80. The SMILES string of the molecule is Cn1nnnc1C1CCCN(C(=O)c2cccc(F)c2)C1. The van der Waals surface area contributed by atoms with Gasteiger partial charge in [0.2, 0.25) is 0 Å². The van der Waals surface area contributed by atoms with Gasteiger partial charge in [-0.15, -0.1) is 5.10 Å². The van der Waals surface area contributed by atoms with Crippen LogP contribution in [0.25, 0.3) is 0 Å². The molecule has 2 heterocycles. The lowest BCUT2D eigenvalue weighted by atomic mass is 9.96. The Morgan fingerprint density at radius 2 is 2.29 bits per heavy atom. The van der Waals surface area contributed by atoms with E-state index in [0.717, 1.165) is 18.7 Å². The fraction of sp³-hybridized carbons (Fsp3) is 0.429. The molecule has 1 aliphatic heterocycles. The molecule has 0 saturated carbocycles. The van der Waals surface area contributed by atoms with Crippen LogP contribution in [-0.4, -0.2) is 44.1 Å². The average Bonchev–Trinajstić information content (AvgIpc) is 2.93. The quantitative estimate of drug-likeness (QED) is 0.837. The fourth-order valence-corrected chi connectivity index (χ4v) is 2.76. The van der Waals surface area contributed by atoms with Gasteiger partial charge < -0.3 is 4.90 Å². The van der Waals surface area contributed by atoms with Crippen LogP contribution in [0.3, 0.4) is 0 Å². The Morgan fingerprint density at radius 1 is 1.43 bits per heavy atom. The molecule has 1 unspecified atom stereocenters. The first-order valence-electron chi connectivity index (χ1n) is 6.92. The predicted molar refractivity (Wildman–Crippen MR) is 73.1 cm³/mol. The topological polar surface area (TPSA) is 63.9 Å². The fourth-order valence-electron chi connectivity index (χ4n) is 2.76. The Morgan fingerprint density at radius 3 is 3.00 bits per heavy atom. The van der Waals surface area contributed by atoms with Crippen molar-refractivity contribution >= 4 is 5.91 Å². The summed E-state index contributed by atoms with van der Waals surface area (Å²) in [5.74, 6) is 0.365. The van der Waals surface area contributed by atoms with E-state index in [1.54, 1.807) is 28.8 Å². The number of aryl methyl sites for hydroxylation is 1. The maximum absolute atomic E-state index is 13.2. The van der Waals surface area contributed by atoms with Crippen LogP contribution in [0.1, 0.15) is 34.9 Å². The second-order valence-corrected chi connectivity index (χ2v) is 5.26. The number of halogens is 1. The monoisotopic (exact) mass is 289 g/mol. The number of likely N-dealkylation sites (tertiary alicyclic amines) is 1. The number of carbonyl (C=O) groups is 1. The van der Waals surface area contributed by atoms with Gasteiger partial charge in [-0.1, -0.05) is 6.07 Å². The molecule has 1 aliphatic rings. The van der Waals surface area contributed by atoms with Crippen LogP contribution in [0.2, 0.25) is 0 Å². The number of amides is 1. The summed E-state index contributed by atoms with van der Waals surface area (Å²) in [6.45, 7) is 1.24. The number of benzene rings is 1. The van der Waals surface area contributed by atoms with Crippen molar-refractivity contribution in [3.63, 3.8) is 0 Å². The number of nitrogens with zero attached hydrogens (tertiary/aromatic N) is 5. The summed E-state index contributed by atoms with van der Waals surface area (Å²) < 4.78 is 14.9. The molecular formula is C14H16FN5O. The van der Waals surface area contributed by atoms with Gasteiger partial charge in [-0.05, 0) is 41.5 Å². The maximum Gasteiger partial charge on any atom is 0.253 e. The molecule has 1 fully saturated rings. The van der Waals surface area contributed by atoms with E-state index < -0.39 is 5.82 Å². The van der Waals surface area contributed by atoms with E-state index in [9.17, 15) is 9.18 Å². The van der Waals surface area contributed by atoms with E-state index in [4.69, 9.17) is 0 Å². The molecule has 6 nitrogen and oxygen atoms in total. The molecule has 7 heteroatoms. The largest absolute Gasteiger partial charge is 0.338 e. The Balaban J connectivity index is 1.77. The van der Waals surface area contributed by atoms with Crippen molar-refractivity contribution in [1.29, 1.82) is 0 Å². The number of hydrogen-bond acceptors (Lipinski definition) is 4. The molecule has 0 spiro atoms. The first kappa shape index (κ1) is 13.7. The Hall–Kier alpha value is -2.31. The predicted octanol–water partition coefficient (Wildman–Crippen LogP) is 1.37. The molecule has 1 saturated heterocycles. The first-order chi connectivity index (χ1) is 10.1. The molecule has 3 rings (SSSR count). The molecule has 0 N–H and O–H groups in total. The van der Waals surface area contributed by atoms with Crippen LogP contribution in [0.15, 0.2) is 24.3 Å². The van der Waals surface area contributed by atoms with Crippen LogP contribution in [0, 0.1) is 5.82 Å². The van der Waals surface area contributed by atoms with Crippen LogP contribution in [0.5, 0.6) is 0 Å². The van der Waals surface area contributed by atoms with Crippen molar-refractivity contribution in [1.82, 2.24) is 25.1 Å². The minimum Gasteiger partial charge on any atom is -0.338 e. The zero-order valence-electron chi connectivity index (χ0n) is 11.7. The summed E-state index contributed by atoms with van der Waals surface area (Å²) in [4.78, 5) is 14.2. The molecule has 2 aromatic rings. The van der Waals surface area contributed by atoms with Crippen molar-refractivity contribution in [3.8, 4) is 0 Å². The zero-order valence-corrected chi connectivity index (χ0v) is 11.7. The van der Waals surface area contributed by atoms with Gasteiger partial charge in [0.1, 0.15) is 5.82 Å². The number of hydrogen-bond donors (Lipinski definition) is 0. The van der Waals surface area contributed by atoms with E-state index in [1.807, 2.05) is 0 Å². The molecule has 110 valence electrons. The van der Waals surface area contributed by atoms with Gasteiger partial charge in [0.05, 0.1) is 0 Å². The highest BCUT2D eigenvalue weighted by molar-refractivity contribution is 5.94. The molecule has 1 atom stereocenters. The van der Waals surface area contributed by atoms with E-state index in [1.165, 1.54) is 12.1 Å². The second kappa shape index (κ2) is 5.59. The molecule has 21 heavy (non-hydrogen) atoms. The van der Waals surface area contributed by atoms with Gasteiger partial charge in [-0.2, -0.15) is 0 Å². The minimum atomic E-state index is -0.396. The second-order valence-electron chi connectivity index (χ2n) is 5.26. The average molecular weight is 289 g/mol. The Labute approximate surface area is 121 Å². The van der Waals surface area contributed by atoms with Crippen molar-refractivity contribution in [2.24, 2.45) is 7.05 Å². The van der Waals surface area contributed by atoms with E-state index in [-0.39, 0.29) is 11.8 Å². The molecule has 1 amide bonds. The van der Waals surface area contributed by atoms with Crippen LogP contribution < -0.4 is 0 Å². The summed E-state index contributed by atoms with van der Waals surface area (Å²) in [7, 11) is 1.79. The number of aromatic nitrogens is 4. The third-order valence-electron chi connectivity index (χ3n) is 3.80. The number of piperidine rings is 1. The number of rotatable bonds is 2. The standard InChI is InChI=1S/C14H16FN5O/c1-19-13(16-17-18-19)11-5-3-7-20(9-11)14(21)10-4-2-6-12(15)8-10/h2,4,6,8,11H,3,5,7,9H2,1H3. The van der Waals surface area contributed by atoms with Gasteiger partial charge in [0, 0.05) is 31.6 Å². The summed E-state index contributed by atoms with van der Waals surface area (Å²) in [5.41, 5.74) is 0.381. The summed E-state index contributed by atoms with van der Waals surface area (Å²) in [6, 6.07) is 5.80. The van der Waals surface area contributed by atoms with E-state index >= 15 is 0 Å². The smallest absolute Gasteiger partial charge is 0.253 e. The van der Waals surface area contributed by atoms with Crippen molar-refractivity contribution < 1.29 is 9.18 Å². The normalized spacial score (nSPS) is 18.8. The molecular weight excluding hydrogens is 273 g/mol. The highest BCUT2D eigenvalue weighted by Gasteiger charge is 2.28. The van der Waals surface area contributed by atoms with E-state index in [2.05, 4.69) is 15.5 Å². The summed E-state index contributed by atoms with van der Waals surface area (Å²) >= 11 is 0. The highest BCUT2D eigenvalue weighted by atomic mass is 19.1. The third kappa shape index (κ3) is 2.76. The number of tetrazole rings is 1. The van der Waals surface area contributed by atoms with Gasteiger partial charge in [-0.25, -0.2) is 9.07 Å². The molecule has 1 aromatic heterocycles. The lowest BCUT2D eigenvalue weighted by Gasteiger charge is -2.32. The summed E-state index contributed by atoms with van der Waals surface area (Å²) in [6.07, 6.45) is 1.83. The first-order valence-corrected chi connectivity index (χ1v) is 6.92. The van der Waals surface area contributed by atoms with E-state index in [0.29, 0.717) is 18.7 Å². The highest BCUT2D eigenvalue weighted by Crippen LogP contribution is 2.25. The maximum atomic E-state index is 13.2. The van der Waals surface area contributed by atoms with Gasteiger partial charge in [-0.3, -0.25) is 4.79 Å². The lowest BCUT2D eigenvalue weighted by molar-refractivity contribution is 0.0702. The minimum absolute atomic E-state index is 0.122. The molecule has 0 bridgehead atoms. The Bertz CT molecular complexity index is 656.